The Hall–Kier alpha value is -5.06. The van der Waals surface area contributed by atoms with Gasteiger partial charge in [0.2, 0.25) is 0 Å². The Balaban J connectivity index is 1.41. The molecule has 0 saturated heterocycles. The molecule has 2 aromatic heterocycles. The van der Waals surface area contributed by atoms with Crippen molar-refractivity contribution in [3.8, 4) is 34.2 Å². The van der Waals surface area contributed by atoms with E-state index >= 15 is 0 Å². The van der Waals surface area contributed by atoms with Gasteiger partial charge in [0.05, 0.1) is 36.4 Å². The second-order valence-electron chi connectivity index (χ2n) is 10.4. The van der Waals surface area contributed by atoms with Crippen molar-refractivity contribution in [1.82, 2.24) is 30.2 Å². The third-order valence-corrected chi connectivity index (χ3v) is 7.81. The fourth-order valence-corrected chi connectivity index (χ4v) is 5.68. The number of aromatic amines is 1. The van der Waals surface area contributed by atoms with E-state index in [-0.39, 0.29) is 18.5 Å². The zero-order valence-corrected chi connectivity index (χ0v) is 24.1. The number of fused-ring (bicyclic) bond motifs is 1. The van der Waals surface area contributed by atoms with Gasteiger partial charge in [0.1, 0.15) is 12.1 Å². The van der Waals surface area contributed by atoms with Crippen LogP contribution < -0.4 is 4.74 Å². The summed E-state index contributed by atoms with van der Waals surface area (Å²) in [5, 5.41) is 14.3. The number of H-pyrrole nitrogens is 1. The van der Waals surface area contributed by atoms with Crippen molar-refractivity contribution in [3.63, 3.8) is 0 Å². The highest BCUT2D eigenvalue weighted by Gasteiger charge is 2.26. The maximum absolute atomic E-state index is 12.9. The minimum atomic E-state index is -0.508. The number of nitrogens with one attached hydrogen (secondary N) is 1. The van der Waals surface area contributed by atoms with E-state index in [1.54, 1.807) is 16.7 Å². The van der Waals surface area contributed by atoms with Gasteiger partial charge in [-0.3, -0.25) is 9.36 Å². The third kappa shape index (κ3) is 5.57. The van der Waals surface area contributed by atoms with Crippen LogP contribution in [0.25, 0.3) is 39.2 Å². The molecule has 11 nitrogen and oxygen atoms in total. The summed E-state index contributed by atoms with van der Waals surface area (Å²) < 4.78 is 18.7. The largest absolute Gasteiger partial charge is 0.465 e. The highest BCUT2D eigenvalue weighted by Crippen LogP contribution is 2.35. The molecule has 0 bridgehead atoms. The number of hydrogen-bond acceptors (Lipinski definition) is 9. The lowest BCUT2D eigenvalue weighted by atomic mass is 9.89. The standard InChI is InChI=1S/C32H32N6O5/c1-3-42-32-33-27-22(19-43-30(39)21-9-5-4-6-10-21)15-18-26(31(40)41-2)28(27)38(32)23-16-13-20(14-17-23)24-11-7-8-12-25(24)29-34-36-37-35-29/h7-8,11-18,21H,3-6,9-10,19H2,1-2H3,(H,34,35,36,37). The molecule has 0 spiro atoms. The molecular weight excluding hydrogens is 548 g/mol. The van der Waals surface area contributed by atoms with Crippen LogP contribution in [0.3, 0.4) is 0 Å². The maximum Gasteiger partial charge on any atom is 0.340 e. The van der Waals surface area contributed by atoms with Crippen molar-refractivity contribution in [2.45, 2.75) is 45.6 Å². The number of carbonyl (C=O) groups excluding carboxylic acids is 2. The van der Waals surface area contributed by atoms with Crippen LogP contribution in [0.2, 0.25) is 0 Å². The molecule has 1 saturated carbocycles. The van der Waals surface area contributed by atoms with Gasteiger partial charge in [-0.15, -0.1) is 5.10 Å². The lowest BCUT2D eigenvalue weighted by molar-refractivity contribution is -0.151. The summed E-state index contributed by atoms with van der Waals surface area (Å²) in [7, 11) is 1.34. The van der Waals surface area contributed by atoms with E-state index in [1.165, 1.54) is 7.11 Å². The summed E-state index contributed by atoms with van der Waals surface area (Å²) in [6.07, 6.45) is 4.95. The first-order valence-electron chi connectivity index (χ1n) is 14.4. The second kappa shape index (κ2) is 12.4. The normalized spacial score (nSPS) is 13.6. The maximum atomic E-state index is 12.9. The van der Waals surface area contributed by atoms with Gasteiger partial charge in [0, 0.05) is 11.1 Å². The Labute approximate surface area is 248 Å². The number of esters is 2. The molecule has 43 heavy (non-hydrogen) atoms. The van der Waals surface area contributed by atoms with E-state index in [9.17, 15) is 9.59 Å². The SMILES string of the molecule is CCOc1nc2c(COC(=O)C3CCCCC3)ccc(C(=O)OC)c2n1-c1ccc(-c2ccccc2-c2nnn[nH]2)cc1. The molecule has 11 heteroatoms. The molecule has 1 N–H and O–H groups in total. The summed E-state index contributed by atoms with van der Waals surface area (Å²) in [5.41, 5.74) is 5.52. The minimum absolute atomic E-state index is 0.0437. The number of carbonyl (C=O) groups is 2. The van der Waals surface area contributed by atoms with Crippen LogP contribution in [0, 0.1) is 5.92 Å². The van der Waals surface area contributed by atoms with Gasteiger partial charge < -0.3 is 14.2 Å². The summed E-state index contributed by atoms with van der Waals surface area (Å²) in [6, 6.07) is 19.4. The van der Waals surface area contributed by atoms with Crippen molar-refractivity contribution in [1.29, 1.82) is 0 Å². The molecule has 2 heterocycles. The van der Waals surface area contributed by atoms with Crippen LogP contribution in [-0.2, 0) is 20.9 Å². The van der Waals surface area contributed by atoms with E-state index in [0.29, 0.717) is 40.6 Å². The molecule has 0 unspecified atom stereocenters. The van der Waals surface area contributed by atoms with Crippen molar-refractivity contribution in [2.75, 3.05) is 13.7 Å². The van der Waals surface area contributed by atoms with Gasteiger partial charge >= 0.3 is 17.9 Å². The van der Waals surface area contributed by atoms with E-state index in [4.69, 9.17) is 19.2 Å². The van der Waals surface area contributed by atoms with Crippen LogP contribution in [0.5, 0.6) is 6.01 Å². The number of benzene rings is 3. The first-order chi connectivity index (χ1) is 21.1. The number of nitrogens with zero attached hydrogens (tertiary/aromatic N) is 5. The number of tetrazole rings is 1. The van der Waals surface area contributed by atoms with Crippen LogP contribution in [0.4, 0.5) is 0 Å². The molecule has 1 aliphatic rings. The van der Waals surface area contributed by atoms with Crippen LogP contribution in [0.15, 0.2) is 60.7 Å². The Bertz CT molecular complexity index is 1740. The lowest BCUT2D eigenvalue weighted by Crippen LogP contribution is -2.20. The molecule has 0 aliphatic heterocycles. The first kappa shape index (κ1) is 28.1. The van der Waals surface area contributed by atoms with E-state index < -0.39 is 5.97 Å². The topological polar surface area (TPSA) is 134 Å². The van der Waals surface area contributed by atoms with Crippen molar-refractivity contribution in [2.24, 2.45) is 5.92 Å². The molecule has 220 valence electrons. The average Bonchev–Trinajstić information content (AvgIpc) is 3.73. The molecule has 5 aromatic rings. The first-order valence-corrected chi connectivity index (χ1v) is 14.4. The Morgan fingerprint density at radius 2 is 1.74 bits per heavy atom. The number of rotatable bonds is 9. The van der Waals surface area contributed by atoms with Crippen molar-refractivity contribution < 1.29 is 23.8 Å². The molecule has 0 atom stereocenters. The van der Waals surface area contributed by atoms with E-state index in [0.717, 1.165) is 54.5 Å². The number of imidazole rings is 1. The van der Waals surface area contributed by atoms with Gasteiger partial charge in [0.15, 0.2) is 5.82 Å². The monoisotopic (exact) mass is 580 g/mol. The highest BCUT2D eigenvalue weighted by atomic mass is 16.5. The lowest BCUT2D eigenvalue weighted by Gasteiger charge is -2.20. The molecule has 0 amide bonds. The van der Waals surface area contributed by atoms with Crippen LogP contribution in [0.1, 0.15) is 54.9 Å². The molecule has 6 rings (SSSR count). The van der Waals surface area contributed by atoms with Gasteiger partial charge in [-0.2, -0.15) is 4.98 Å². The fourth-order valence-electron chi connectivity index (χ4n) is 5.68. The number of methoxy groups -OCH3 is 1. The molecule has 1 aliphatic carbocycles. The smallest absolute Gasteiger partial charge is 0.340 e. The number of aromatic nitrogens is 6. The summed E-state index contributed by atoms with van der Waals surface area (Å²) in [5.74, 6) is -0.199. The Morgan fingerprint density at radius 3 is 2.44 bits per heavy atom. The van der Waals surface area contributed by atoms with Gasteiger partial charge in [-0.05, 0) is 59.5 Å². The summed E-state index contributed by atoms with van der Waals surface area (Å²) in [6.45, 7) is 2.28. The zero-order chi connectivity index (χ0) is 29.8. The summed E-state index contributed by atoms with van der Waals surface area (Å²) >= 11 is 0. The highest BCUT2D eigenvalue weighted by molar-refractivity contribution is 6.04. The van der Waals surface area contributed by atoms with Gasteiger partial charge in [0.25, 0.3) is 0 Å². The molecular formula is C32H32N6O5. The minimum Gasteiger partial charge on any atom is -0.465 e. The van der Waals surface area contributed by atoms with Crippen molar-refractivity contribution in [3.05, 3.63) is 71.8 Å². The zero-order valence-electron chi connectivity index (χ0n) is 24.1. The Morgan fingerprint density at radius 1 is 0.977 bits per heavy atom. The second-order valence-corrected chi connectivity index (χ2v) is 10.4. The van der Waals surface area contributed by atoms with Crippen LogP contribution >= 0.6 is 0 Å². The van der Waals surface area contributed by atoms with E-state index in [1.807, 2.05) is 55.5 Å². The van der Waals surface area contributed by atoms with Gasteiger partial charge in [-0.1, -0.05) is 61.7 Å². The predicted molar refractivity (Wildman–Crippen MR) is 159 cm³/mol. The number of ether oxygens (including phenoxy) is 3. The number of hydrogen-bond donors (Lipinski definition) is 1. The quantitative estimate of drug-likeness (QED) is 0.218. The molecule has 3 aromatic carbocycles. The predicted octanol–water partition coefficient (Wildman–Crippen LogP) is 5.68. The average molecular weight is 581 g/mol. The fraction of sp³-hybridized carbons (Fsp3) is 0.312. The summed E-state index contributed by atoms with van der Waals surface area (Å²) in [4.78, 5) is 30.5. The Kier molecular flexibility index (Phi) is 8.12. The third-order valence-electron chi connectivity index (χ3n) is 7.81. The van der Waals surface area contributed by atoms with Crippen LogP contribution in [-0.4, -0.2) is 55.8 Å². The van der Waals surface area contributed by atoms with Gasteiger partial charge in [-0.25, -0.2) is 9.89 Å². The molecule has 0 radical (unpaired) electrons. The van der Waals surface area contributed by atoms with Crippen molar-refractivity contribution >= 4 is 23.0 Å². The van der Waals surface area contributed by atoms with E-state index in [2.05, 4.69) is 20.6 Å². The molecule has 1 fully saturated rings.